The van der Waals surface area contributed by atoms with Crippen LogP contribution in [0.1, 0.15) is 75.9 Å². The first-order valence-corrected chi connectivity index (χ1v) is 9.92. The molecule has 0 saturated carbocycles. The summed E-state index contributed by atoms with van der Waals surface area (Å²) >= 11 is 0. The van der Waals surface area contributed by atoms with E-state index in [-0.39, 0.29) is 0 Å². The average molecular weight is 327 g/mol. The lowest BCUT2D eigenvalue weighted by atomic mass is 10.1. The number of aryl methyl sites for hydroxylation is 4. The van der Waals surface area contributed by atoms with Gasteiger partial charge >= 0.3 is 0 Å². The summed E-state index contributed by atoms with van der Waals surface area (Å²) in [6.45, 7) is 5.54. The molecule has 0 amide bonds. The first-order valence-electron chi connectivity index (χ1n) is 9.92. The van der Waals surface area contributed by atoms with Crippen LogP contribution in [-0.2, 0) is 25.8 Å². The number of benzene rings is 1. The van der Waals surface area contributed by atoms with Gasteiger partial charge in [0.1, 0.15) is 5.82 Å². The maximum absolute atomic E-state index is 4.91. The van der Waals surface area contributed by atoms with Crippen molar-refractivity contribution in [2.24, 2.45) is 0 Å². The zero-order valence-corrected chi connectivity index (χ0v) is 15.6. The number of rotatable bonds is 12. The van der Waals surface area contributed by atoms with Gasteiger partial charge in [-0.25, -0.2) is 4.98 Å². The zero-order valence-electron chi connectivity index (χ0n) is 15.6. The van der Waals surface area contributed by atoms with Gasteiger partial charge in [-0.2, -0.15) is 0 Å². The zero-order chi connectivity index (χ0) is 17.0. The van der Waals surface area contributed by atoms with Crippen LogP contribution in [-0.4, -0.2) is 9.55 Å². The monoisotopic (exact) mass is 326 g/mol. The number of hydrogen-bond acceptors (Lipinski definition) is 1. The predicted octanol–water partition coefficient (Wildman–Crippen LogP) is 5.98. The summed E-state index contributed by atoms with van der Waals surface area (Å²) in [5.41, 5.74) is 2.70. The molecule has 2 aromatic rings. The highest BCUT2D eigenvalue weighted by Crippen LogP contribution is 2.13. The molecule has 2 nitrogen and oxygen atoms in total. The minimum Gasteiger partial charge on any atom is -0.335 e. The third kappa shape index (κ3) is 6.51. The van der Waals surface area contributed by atoms with E-state index in [9.17, 15) is 0 Å². The molecule has 0 atom stereocenters. The Balaban J connectivity index is 1.74. The van der Waals surface area contributed by atoms with E-state index >= 15 is 0 Å². The Morgan fingerprint density at radius 3 is 2.29 bits per heavy atom. The summed E-state index contributed by atoms with van der Waals surface area (Å²) in [7, 11) is 0. The van der Waals surface area contributed by atoms with Gasteiger partial charge in [-0.05, 0) is 38.2 Å². The van der Waals surface area contributed by atoms with Crippen LogP contribution in [0.4, 0.5) is 0 Å². The molecular weight excluding hydrogens is 292 g/mol. The molecule has 2 heteroatoms. The molecule has 0 spiro atoms. The third-order valence-electron chi connectivity index (χ3n) is 4.74. The molecule has 1 heterocycles. The van der Waals surface area contributed by atoms with E-state index in [1.165, 1.54) is 62.0 Å². The molecule has 24 heavy (non-hydrogen) atoms. The Morgan fingerprint density at radius 1 is 0.792 bits per heavy atom. The molecular formula is C22H34N2. The fraction of sp³-hybridized carbons (Fsp3) is 0.591. The molecule has 0 aliphatic rings. The minimum absolute atomic E-state index is 1.04. The molecule has 1 aromatic carbocycles. The molecule has 0 N–H and O–H groups in total. The van der Waals surface area contributed by atoms with Crippen molar-refractivity contribution in [3.05, 3.63) is 53.6 Å². The van der Waals surface area contributed by atoms with Gasteiger partial charge < -0.3 is 4.57 Å². The van der Waals surface area contributed by atoms with E-state index in [1.807, 2.05) is 0 Å². The molecule has 1 aromatic heterocycles. The summed E-state index contributed by atoms with van der Waals surface area (Å²) in [5.74, 6) is 1.29. The standard InChI is InChI=1S/C22H34N2/c1-3-5-6-7-8-12-18-22-23-21(19-24(22)4-2)17-13-16-20-14-10-9-11-15-20/h9-11,14-15,19H,3-8,12-13,16-18H2,1-2H3. The molecule has 0 aliphatic heterocycles. The second kappa shape index (κ2) is 11.1. The minimum atomic E-state index is 1.04. The van der Waals surface area contributed by atoms with Gasteiger partial charge in [-0.3, -0.25) is 0 Å². The highest BCUT2D eigenvalue weighted by molar-refractivity contribution is 5.15. The number of hydrogen-bond donors (Lipinski definition) is 0. The Kier molecular flexibility index (Phi) is 8.65. The van der Waals surface area contributed by atoms with E-state index in [1.54, 1.807) is 0 Å². The molecule has 0 fully saturated rings. The quantitative estimate of drug-likeness (QED) is 0.439. The van der Waals surface area contributed by atoms with Crippen molar-refractivity contribution in [2.75, 3.05) is 0 Å². The second-order valence-electron chi connectivity index (χ2n) is 6.79. The highest BCUT2D eigenvalue weighted by atomic mass is 15.1. The van der Waals surface area contributed by atoms with Crippen LogP contribution < -0.4 is 0 Å². The van der Waals surface area contributed by atoms with E-state index in [0.717, 1.165) is 25.8 Å². The van der Waals surface area contributed by atoms with Gasteiger partial charge in [0.15, 0.2) is 0 Å². The number of unbranched alkanes of at least 4 members (excludes halogenated alkanes) is 5. The Bertz CT molecular complexity index is 557. The van der Waals surface area contributed by atoms with Gasteiger partial charge in [0.05, 0.1) is 5.69 Å². The fourth-order valence-electron chi connectivity index (χ4n) is 3.29. The summed E-state index contributed by atoms with van der Waals surface area (Å²) in [6.07, 6.45) is 14.9. The van der Waals surface area contributed by atoms with Gasteiger partial charge in [-0.1, -0.05) is 69.4 Å². The highest BCUT2D eigenvalue weighted by Gasteiger charge is 2.07. The first kappa shape index (κ1) is 18.8. The lowest BCUT2D eigenvalue weighted by Gasteiger charge is -2.04. The van der Waals surface area contributed by atoms with Gasteiger partial charge in [0, 0.05) is 19.2 Å². The van der Waals surface area contributed by atoms with Crippen molar-refractivity contribution < 1.29 is 0 Å². The Labute approximate surface area is 148 Å². The van der Waals surface area contributed by atoms with E-state index < -0.39 is 0 Å². The van der Waals surface area contributed by atoms with Crippen molar-refractivity contribution in [3.63, 3.8) is 0 Å². The Hall–Kier alpha value is -1.57. The SMILES string of the molecule is CCCCCCCCc1nc(CCCc2ccccc2)cn1CC. The predicted molar refractivity (Wildman–Crippen MR) is 103 cm³/mol. The molecule has 132 valence electrons. The van der Waals surface area contributed by atoms with Crippen molar-refractivity contribution >= 4 is 0 Å². The fourth-order valence-corrected chi connectivity index (χ4v) is 3.29. The molecule has 0 unspecified atom stereocenters. The van der Waals surface area contributed by atoms with Crippen LogP contribution in [0.5, 0.6) is 0 Å². The van der Waals surface area contributed by atoms with Crippen LogP contribution in [0.15, 0.2) is 36.5 Å². The Morgan fingerprint density at radius 2 is 1.54 bits per heavy atom. The van der Waals surface area contributed by atoms with Crippen molar-refractivity contribution in [1.82, 2.24) is 9.55 Å². The summed E-state index contributed by atoms with van der Waals surface area (Å²) in [6, 6.07) is 10.8. The van der Waals surface area contributed by atoms with E-state index in [0.29, 0.717) is 0 Å². The maximum Gasteiger partial charge on any atom is 0.108 e. The normalized spacial score (nSPS) is 11.1. The molecule has 0 bridgehead atoms. The number of aromatic nitrogens is 2. The topological polar surface area (TPSA) is 17.8 Å². The summed E-state index contributed by atoms with van der Waals surface area (Å²) in [5, 5.41) is 0. The summed E-state index contributed by atoms with van der Waals surface area (Å²) in [4.78, 5) is 4.91. The van der Waals surface area contributed by atoms with Crippen LogP contribution in [0, 0.1) is 0 Å². The molecule has 0 radical (unpaired) electrons. The van der Waals surface area contributed by atoms with Crippen LogP contribution >= 0.6 is 0 Å². The van der Waals surface area contributed by atoms with Crippen molar-refractivity contribution in [3.8, 4) is 0 Å². The van der Waals surface area contributed by atoms with Gasteiger partial charge in [0.2, 0.25) is 0 Å². The molecule has 0 aliphatic carbocycles. The van der Waals surface area contributed by atoms with Crippen LogP contribution in [0.2, 0.25) is 0 Å². The molecule has 0 saturated heterocycles. The summed E-state index contributed by atoms with van der Waals surface area (Å²) < 4.78 is 2.35. The lowest BCUT2D eigenvalue weighted by molar-refractivity contribution is 0.587. The van der Waals surface area contributed by atoms with Crippen molar-refractivity contribution in [2.45, 2.75) is 84.6 Å². The smallest absolute Gasteiger partial charge is 0.108 e. The first-order chi connectivity index (χ1) is 11.8. The maximum atomic E-state index is 4.91. The number of nitrogens with zero attached hydrogens (tertiary/aromatic N) is 2. The van der Waals surface area contributed by atoms with Crippen LogP contribution in [0.25, 0.3) is 0 Å². The average Bonchev–Trinajstić information content (AvgIpc) is 3.01. The van der Waals surface area contributed by atoms with Crippen molar-refractivity contribution in [1.29, 1.82) is 0 Å². The second-order valence-corrected chi connectivity index (χ2v) is 6.79. The molecule has 2 rings (SSSR count). The van der Waals surface area contributed by atoms with Gasteiger partial charge in [0.25, 0.3) is 0 Å². The van der Waals surface area contributed by atoms with E-state index in [2.05, 4.69) is 54.9 Å². The number of imidazole rings is 1. The largest absolute Gasteiger partial charge is 0.335 e. The van der Waals surface area contributed by atoms with Gasteiger partial charge in [-0.15, -0.1) is 0 Å². The van der Waals surface area contributed by atoms with E-state index in [4.69, 9.17) is 4.98 Å². The third-order valence-corrected chi connectivity index (χ3v) is 4.74. The lowest BCUT2D eigenvalue weighted by Crippen LogP contribution is -2.00. The van der Waals surface area contributed by atoms with Crippen LogP contribution in [0.3, 0.4) is 0 Å².